The van der Waals surface area contributed by atoms with E-state index in [4.69, 9.17) is 4.74 Å². The van der Waals surface area contributed by atoms with Crippen molar-refractivity contribution < 1.29 is 22.7 Å². The van der Waals surface area contributed by atoms with Crippen LogP contribution in [0.5, 0.6) is 5.75 Å². The summed E-state index contributed by atoms with van der Waals surface area (Å²) in [5.41, 5.74) is 1.97. The van der Waals surface area contributed by atoms with Gasteiger partial charge in [0.25, 0.3) is 0 Å². The molecular formula is C25H34BrN3O5S. The van der Waals surface area contributed by atoms with Gasteiger partial charge in [0.15, 0.2) is 0 Å². The average molecular weight is 569 g/mol. The zero-order valence-corrected chi connectivity index (χ0v) is 23.3. The van der Waals surface area contributed by atoms with Gasteiger partial charge in [-0.2, -0.15) is 0 Å². The number of amides is 2. The summed E-state index contributed by atoms with van der Waals surface area (Å²) in [5, 5.41) is 2.86. The molecule has 1 N–H and O–H groups in total. The SMILES string of the molecule is CCCCNC(=O)[C@H](C)N(Cc1cccc(OC)c1)C(=O)CN(c1ccc(Br)c(C)c1)S(C)(=O)=O. The first-order valence-electron chi connectivity index (χ1n) is 11.4. The summed E-state index contributed by atoms with van der Waals surface area (Å²) in [4.78, 5) is 27.8. The molecule has 0 radical (unpaired) electrons. The number of carbonyl (C=O) groups is 2. The Morgan fingerprint density at radius 2 is 1.89 bits per heavy atom. The second-order valence-electron chi connectivity index (χ2n) is 8.40. The molecule has 2 aromatic carbocycles. The number of hydrogen-bond donors (Lipinski definition) is 1. The molecule has 35 heavy (non-hydrogen) atoms. The number of rotatable bonds is 12. The van der Waals surface area contributed by atoms with E-state index in [1.165, 1.54) is 4.90 Å². The Labute approximate surface area is 216 Å². The van der Waals surface area contributed by atoms with Crippen LogP contribution in [0.2, 0.25) is 0 Å². The van der Waals surface area contributed by atoms with E-state index in [2.05, 4.69) is 21.2 Å². The Bertz CT molecular complexity index is 1140. The van der Waals surface area contributed by atoms with E-state index < -0.39 is 28.5 Å². The topological polar surface area (TPSA) is 96.0 Å². The summed E-state index contributed by atoms with van der Waals surface area (Å²) in [5.74, 6) is -0.157. The van der Waals surface area contributed by atoms with Gasteiger partial charge in [-0.3, -0.25) is 13.9 Å². The fourth-order valence-corrected chi connectivity index (χ4v) is 4.57. The molecule has 0 bridgehead atoms. The minimum absolute atomic E-state index is 0.120. The Balaban J connectivity index is 2.38. The molecule has 0 aliphatic carbocycles. The van der Waals surface area contributed by atoms with E-state index in [1.807, 2.05) is 19.9 Å². The van der Waals surface area contributed by atoms with E-state index >= 15 is 0 Å². The first-order valence-corrected chi connectivity index (χ1v) is 14.1. The van der Waals surface area contributed by atoms with Gasteiger partial charge in [0.1, 0.15) is 18.3 Å². The van der Waals surface area contributed by atoms with Crippen LogP contribution in [0.3, 0.4) is 0 Å². The second kappa shape index (κ2) is 12.9. The summed E-state index contributed by atoms with van der Waals surface area (Å²) < 4.78 is 32.5. The summed E-state index contributed by atoms with van der Waals surface area (Å²) >= 11 is 3.41. The van der Waals surface area contributed by atoms with Crippen LogP contribution < -0.4 is 14.4 Å². The van der Waals surface area contributed by atoms with Crippen LogP contribution in [0.15, 0.2) is 46.9 Å². The summed E-state index contributed by atoms with van der Waals surface area (Å²) in [6.07, 6.45) is 2.81. The normalized spacial score (nSPS) is 12.1. The lowest BCUT2D eigenvalue weighted by Crippen LogP contribution is -2.51. The van der Waals surface area contributed by atoms with Crippen LogP contribution in [0.25, 0.3) is 0 Å². The number of nitrogens with one attached hydrogen (secondary N) is 1. The highest BCUT2D eigenvalue weighted by atomic mass is 79.9. The number of carbonyl (C=O) groups excluding carboxylic acids is 2. The Hall–Kier alpha value is -2.59. The van der Waals surface area contributed by atoms with E-state index in [0.29, 0.717) is 18.0 Å². The van der Waals surface area contributed by atoms with Crippen molar-refractivity contribution in [2.24, 2.45) is 0 Å². The van der Waals surface area contributed by atoms with Crippen LogP contribution in [0.1, 0.15) is 37.8 Å². The van der Waals surface area contributed by atoms with Crippen molar-refractivity contribution in [1.29, 1.82) is 0 Å². The first kappa shape index (κ1) is 28.6. The van der Waals surface area contributed by atoms with Gasteiger partial charge in [0, 0.05) is 17.6 Å². The highest BCUT2D eigenvalue weighted by molar-refractivity contribution is 9.10. The van der Waals surface area contributed by atoms with Crippen molar-refractivity contribution in [2.75, 3.05) is 30.8 Å². The van der Waals surface area contributed by atoms with Gasteiger partial charge in [0.05, 0.1) is 19.1 Å². The smallest absolute Gasteiger partial charge is 0.244 e. The highest BCUT2D eigenvalue weighted by Crippen LogP contribution is 2.25. The van der Waals surface area contributed by atoms with Crippen molar-refractivity contribution in [3.8, 4) is 5.75 Å². The van der Waals surface area contributed by atoms with Crippen LogP contribution in [0.4, 0.5) is 5.69 Å². The molecule has 0 heterocycles. The molecule has 0 saturated heterocycles. The van der Waals surface area contributed by atoms with Crippen molar-refractivity contribution in [3.63, 3.8) is 0 Å². The molecule has 0 aliphatic heterocycles. The highest BCUT2D eigenvalue weighted by Gasteiger charge is 2.30. The van der Waals surface area contributed by atoms with Gasteiger partial charge in [-0.25, -0.2) is 8.42 Å². The number of anilines is 1. The standard InChI is InChI=1S/C25H34BrN3O5S/c1-6-7-13-27-25(31)19(3)28(16-20-9-8-10-22(15-20)34-4)24(30)17-29(35(5,32)33)21-11-12-23(26)18(2)14-21/h8-12,14-15,19H,6-7,13,16-17H2,1-5H3,(H,27,31)/t19-/m0/s1. The molecule has 0 saturated carbocycles. The quantitative estimate of drug-likeness (QED) is 0.393. The molecule has 2 amide bonds. The van der Waals surface area contributed by atoms with Crippen LogP contribution in [-0.2, 0) is 26.2 Å². The third-order valence-electron chi connectivity index (χ3n) is 5.59. The van der Waals surface area contributed by atoms with Gasteiger partial charge in [-0.15, -0.1) is 0 Å². The molecular weight excluding hydrogens is 534 g/mol. The summed E-state index contributed by atoms with van der Waals surface area (Å²) in [7, 11) is -2.22. The molecule has 0 unspecified atom stereocenters. The van der Waals surface area contributed by atoms with Crippen molar-refractivity contribution in [3.05, 3.63) is 58.1 Å². The lowest BCUT2D eigenvalue weighted by molar-refractivity contribution is -0.139. The number of hydrogen-bond acceptors (Lipinski definition) is 5. The molecule has 0 aromatic heterocycles. The van der Waals surface area contributed by atoms with Gasteiger partial charge in [-0.1, -0.05) is 41.4 Å². The molecule has 192 valence electrons. The molecule has 2 rings (SSSR count). The van der Waals surface area contributed by atoms with Gasteiger partial charge in [-0.05, 0) is 61.7 Å². The van der Waals surface area contributed by atoms with Crippen LogP contribution in [-0.4, -0.2) is 57.6 Å². The zero-order chi connectivity index (χ0) is 26.2. The second-order valence-corrected chi connectivity index (χ2v) is 11.2. The predicted octanol–water partition coefficient (Wildman–Crippen LogP) is 3.87. The Morgan fingerprint density at radius 1 is 1.17 bits per heavy atom. The third-order valence-corrected chi connectivity index (χ3v) is 7.62. The lowest BCUT2D eigenvalue weighted by atomic mass is 10.1. The molecule has 0 aliphatic rings. The average Bonchev–Trinajstić information content (AvgIpc) is 2.81. The van der Waals surface area contributed by atoms with Crippen molar-refractivity contribution in [2.45, 2.75) is 46.2 Å². The molecule has 0 fully saturated rings. The predicted molar refractivity (Wildman–Crippen MR) is 142 cm³/mol. The largest absolute Gasteiger partial charge is 0.497 e. The number of ether oxygens (including phenoxy) is 1. The maximum atomic E-state index is 13.6. The fraction of sp³-hybridized carbons (Fsp3) is 0.440. The number of nitrogens with zero attached hydrogens (tertiary/aromatic N) is 2. The number of methoxy groups -OCH3 is 1. The maximum absolute atomic E-state index is 13.6. The third kappa shape index (κ3) is 8.24. The van der Waals surface area contributed by atoms with Gasteiger partial charge in [0.2, 0.25) is 21.8 Å². The lowest BCUT2D eigenvalue weighted by Gasteiger charge is -2.31. The van der Waals surface area contributed by atoms with E-state index in [-0.39, 0.29) is 12.5 Å². The van der Waals surface area contributed by atoms with Gasteiger partial charge < -0.3 is 15.0 Å². The van der Waals surface area contributed by atoms with Crippen molar-refractivity contribution in [1.82, 2.24) is 10.2 Å². The van der Waals surface area contributed by atoms with E-state index in [0.717, 1.165) is 39.0 Å². The minimum atomic E-state index is -3.77. The Kier molecular flexibility index (Phi) is 10.6. The van der Waals surface area contributed by atoms with E-state index in [9.17, 15) is 18.0 Å². The zero-order valence-electron chi connectivity index (χ0n) is 20.9. The van der Waals surface area contributed by atoms with E-state index in [1.54, 1.807) is 50.4 Å². The van der Waals surface area contributed by atoms with Crippen molar-refractivity contribution >= 4 is 43.5 Å². The summed E-state index contributed by atoms with van der Waals surface area (Å²) in [6, 6.07) is 11.5. The first-order chi connectivity index (χ1) is 16.5. The fourth-order valence-electron chi connectivity index (χ4n) is 3.48. The minimum Gasteiger partial charge on any atom is -0.497 e. The molecule has 10 heteroatoms. The van der Waals surface area contributed by atoms with Crippen LogP contribution in [0, 0.1) is 6.92 Å². The maximum Gasteiger partial charge on any atom is 0.244 e. The number of halogens is 1. The number of sulfonamides is 1. The Morgan fingerprint density at radius 3 is 2.49 bits per heavy atom. The van der Waals surface area contributed by atoms with Gasteiger partial charge >= 0.3 is 0 Å². The number of benzene rings is 2. The molecule has 0 spiro atoms. The summed E-state index contributed by atoms with van der Waals surface area (Å²) in [6.45, 7) is 5.71. The monoisotopic (exact) mass is 567 g/mol. The molecule has 8 nitrogen and oxygen atoms in total. The van der Waals surface area contributed by atoms with Crippen LogP contribution >= 0.6 is 15.9 Å². The number of aryl methyl sites for hydroxylation is 1. The molecule has 1 atom stereocenters. The molecule has 2 aromatic rings. The number of unbranched alkanes of at least 4 members (excludes halogenated alkanes) is 1.